The second-order valence-electron chi connectivity index (χ2n) is 16.5. The third-order valence-corrected chi connectivity index (χ3v) is 12.1. The van der Waals surface area contributed by atoms with Crippen LogP contribution in [-0.4, -0.2) is 94.9 Å². The van der Waals surface area contributed by atoms with E-state index >= 15 is 0 Å². The first-order chi connectivity index (χ1) is 29.9. The highest BCUT2D eigenvalue weighted by Crippen LogP contribution is 2.36. The maximum Gasteiger partial charge on any atom is 0.186 e. The Hall–Kier alpha value is -3.92. The first-order valence-corrected chi connectivity index (χ1v) is 22.4. The van der Waals surface area contributed by atoms with E-state index in [4.69, 9.17) is 35.1 Å². The van der Waals surface area contributed by atoms with Crippen LogP contribution in [0.25, 0.3) is 20.9 Å². The first kappa shape index (κ1) is 52.4. The molecule has 0 spiro atoms. The Morgan fingerprint density at radius 1 is 0.597 bits per heavy atom. The van der Waals surface area contributed by atoms with E-state index in [1.807, 2.05) is 24.3 Å². The average Bonchev–Trinajstić information content (AvgIpc) is 3.29. The normalized spacial score (nSPS) is 25.7. The summed E-state index contributed by atoms with van der Waals surface area (Å²) in [6.07, 6.45) is 5.50. The van der Waals surface area contributed by atoms with Gasteiger partial charge in [0.15, 0.2) is 24.1 Å². The molecule has 0 saturated carbocycles. The molecule has 2 aliphatic heterocycles. The van der Waals surface area contributed by atoms with E-state index in [0.29, 0.717) is 55.4 Å². The molecule has 0 amide bonds. The number of ketones is 2. The number of ether oxygens (including phenoxy) is 4. The van der Waals surface area contributed by atoms with Gasteiger partial charge in [0, 0.05) is 52.9 Å². The molecule has 10 atom stereocenters. The Morgan fingerprint density at radius 3 is 1.48 bits per heavy atom. The number of hydrogen-bond acceptors (Lipinski definition) is 12. The van der Waals surface area contributed by atoms with Crippen LogP contribution in [0.5, 0.6) is 0 Å². The number of Topliss-reactive ketones (excluding diaryl/α,β-unsaturated/α-hetero) is 2. The largest absolute Gasteiger partial charge is 0.394 e. The number of hydrogen-bond donors (Lipinski definition) is 4. The van der Waals surface area contributed by atoms with Crippen LogP contribution in [0.2, 0.25) is 0 Å². The van der Waals surface area contributed by atoms with Gasteiger partial charge < -0.3 is 39.4 Å². The predicted molar refractivity (Wildman–Crippen MR) is 235 cm³/mol. The molecule has 0 aliphatic carbocycles. The zero-order valence-electron chi connectivity index (χ0n) is 37.0. The fourth-order valence-electron chi connectivity index (χ4n) is 7.69. The van der Waals surface area contributed by atoms with E-state index in [-0.39, 0.29) is 24.4 Å². The van der Waals surface area contributed by atoms with E-state index in [0.717, 1.165) is 93.9 Å². The highest BCUT2D eigenvalue weighted by molar-refractivity contribution is 5.96. The van der Waals surface area contributed by atoms with Crippen molar-refractivity contribution in [1.82, 2.24) is 0 Å². The molecule has 4 N–H and O–H groups in total. The van der Waals surface area contributed by atoms with Crippen LogP contribution in [0.1, 0.15) is 143 Å². The summed E-state index contributed by atoms with van der Waals surface area (Å²) in [5, 5.41) is 45.5. The van der Waals surface area contributed by atoms with Crippen LogP contribution in [0.3, 0.4) is 0 Å². The quantitative estimate of drug-likeness (QED) is 0.0230. The van der Waals surface area contributed by atoms with Gasteiger partial charge in [0.2, 0.25) is 0 Å². The molecule has 2 fully saturated rings. The summed E-state index contributed by atoms with van der Waals surface area (Å²) in [6, 6.07) is 14.4. The van der Waals surface area contributed by atoms with Gasteiger partial charge in [-0.3, -0.25) is 9.59 Å². The average molecular weight is 867 g/mol. The minimum Gasteiger partial charge on any atom is -0.394 e. The van der Waals surface area contributed by atoms with Gasteiger partial charge in [-0.1, -0.05) is 125 Å². The van der Waals surface area contributed by atoms with Crippen LogP contribution in [-0.2, 0) is 32.0 Å². The third kappa shape index (κ3) is 17.7. The maximum absolute atomic E-state index is 12.3. The Labute approximate surface area is 366 Å². The summed E-state index contributed by atoms with van der Waals surface area (Å²) in [4.78, 5) is 30.0. The summed E-state index contributed by atoms with van der Waals surface area (Å²) >= 11 is 0. The lowest BCUT2D eigenvalue weighted by Gasteiger charge is -2.43. The standard InChI is InChI=1S/C25H39N3O3.C21H31N3O7/c1-5-24-19(3)18(2)20(4)25(31-24)30-16-10-8-6-7-9-11-23(29)22-14-12-21(13-15-22)17-27-28-26;22-24-23-12-14-7-9-15(10-8-14)16(26)6-4-2-1-3-5-11-30-21-20(29)19(28)18(27)17(13-25)31-21/h12-15,18-20,24-25H,5-11,16-17H2,1-4H3;7-10,17-21,25,27-29H,1-6,11-13H2/t18-,19-,20?,24?,25+;17?,18-,19+,20?,21-/m01/s1. The second-order valence-corrected chi connectivity index (χ2v) is 16.5. The molecule has 2 aliphatic rings. The lowest BCUT2D eigenvalue weighted by molar-refractivity contribution is -0.301. The van der Waals surface area contributed by atoms with Gasteiger partial charge in [0.1, 0.15) is 24.4 Å². The van der Waals surface area contributed by atoms with Crippen molar-refractivity contribution >= 4 is 11.6 Å². The van der Waals surface area contributed by atoms with Crippen molar-refractivity contribution in [2.45, 2.75) is 167 Å². The summed E-state index contributed by atoms with van der Waals surface area (Å²) in [6.45, 7) is 10.2. The lowest BCUT2D eigenvalue weighted by atomic mass is 9.78. The molecule has 2 saturated heterocycles. The Morgan fingerprint density at radius 2 is 1.03 bits per heavy atom. The predicted octanol–water partition coefficient (Wildman–Crippen LogP) is 8.92. The molecule has 344 valence electrons. The second kappa shape index (κ2) is 29.4. The fourth-order valence-corrected chi connectivity index (χ4v) is 7.69. The fraction of sp³-hybridized carbons (Fsp3) is 0.696. The van der Waals surface area contributed by atoms with Gasteiger partial charge in [-0.05, 0) is 66.1 Å². The molecule has 0 aromatic heterocycles. The molecule has 4 rings (SSSR count). The van der Waals surface area contributed by atoms with Gasteiger partial charge in [0.25, 0.3) is 0 Å². The Balaban J connectivity index is 0.000000330. The molecule has 2 heterocycles. The minimum absolute atomic E-state index is 0.0770. The van der Waals surface area contributed by atoms with Gasteiger partial charge >= 0.3 is 0 Å². The van der Waals surface area contributed by atoms with Gasteiger partial charge in [-0.25, -0.2) is 0 Å². The van der Waals surface area contributed by atoms with Crippen LogP contribution < -0.4 is 0 Å². The van der Waals surface area contributed by atoms with Crippen LogP contribution in [0.15, 0.2) is 58.8 Å². The number of rotatable bonds is 26. The van der Waals surface area contributed by atoms with Crippen LogP contribution >= 0.6 is 0 Å². The lowest BCUT2D eigenvalue weighted by Crippen LogP contribution is -2.59. The molecule has 4 unspecified atom stereocenters. The van der Waals surface area contributed by atoms with E-state index < -0.39 is 37.3 Å². The maximum atomic E-state index is 12.3. The van der Waals surface area contributed by atoms with Crippen molar-refractivity contribution < 1.29 is 49.0 Å². The Bertz CT molecular complexity index is 1560. The topological polar surface area (TPSA) is 249 Å². The summed E-state index contributed by atoms with van der Waals surface area (Å²) in [7, 11) is 0. The summed E-state index contributed by atoms with van der Waals surface area (Å²) in [5.74, 6) is 1.89. The zero-order valence-corrected chi connectivity index (χ0v) is 37.0. The molecule has 16 nitrogen and oxygen atoms in total. The van der Waals surface area contributed by atoms with Crippen molar-refractivity contribution in [2.24, 2.45) is 28.0 Å². The number of unbranched alkanes of at least 4 members (excludes halogenated alkanes) is 8. The number of aliphatic hydroxyl groups excluding tert-OH is 4. The molecule has 0 bridgehead atoms. The molecular formula is C46H70N6O10. The smallest absolute Gasteiger partial charge is 0.186 e. The minimum atomic E-state index is -1.43. The van der Waals surface area contributed by atoms with Crippen molar-refractivity contribution in [1.29, 1.82) is 0 Å². The number of carbonyl (C=O) groups excluding carboxylic acids is 2. The third-order valence-electron chi connectivity index (χ3n) is 12.1. The Kier molecular flexibility index (Phi) is 24.9. The molecular weight excluding hydrogens is 797 g/mol. The van der Waals surface area contributed by atoms with E-state index in [1.165, 1.54) is 0 Å². The highest BCUT2D eigenvalue weighted by Gasteiger charge is 2.44. The number of benzene rings is 2. The first-order valence-electron chi connectivity index (χ1n) is 22.4. The van der Waals surface area contributed by atoms with Crippen molar-refractivity contribution in [3.63, 3.8) is 0 Å². The number of nitrogens with zero attached hydrogens (tertiary/aromatic N) is 6. The highest BCUT2D eigenvalue weighted by atomic mass is 16.7. The monoisotopic (exact) mass is 867 g/mol. The summed E-state index contributed by atoms with van der Waals surface area (Å²) in [5.41, 5.74) is 19.8. The van der Waals surface area contributed by atoms with Gasteiger partial charge in [0.05, 0.1) is 25.8 Å². The molecule has 0 radical (unpaired) electrons. The number of azide groups is 2. The van der Waals surface area contributed by atoms with Crippen molar-refractivity contribution in [3.05, 3.63) is 91.7 Å². The van der Waals surface area contributed by atoms with E-state index in [1.54, 1.807) is 24.3 Å². The number of aliphatic hydroxyl groups is 4. The van der Waals surface area contributed by atoms with Gasteiger partial charge in [-0.2, -0.15) is 0 Å². The zero-order chi connectivity index (χ0) is 45.3. The van der Waals surface area contributed by atoms with Crippen molar-refractivity contribution in [3.8, 4) is 0 Å². The van der Waals surface area contributed by atoms with Crippen LogP contribution in [0.4, 0.5) is 0 Å². The molecule has 62 heavy (non-hydrogen) atoms. The SMILES string of the molecule is CCC1O[C@@H](OCCCCCCCC(=O)c2ccc(CN=[N+]=[N-])cc2)C(C)[C@@H](C)[C@@H]1C.[N-]=[N+]=NCc1ccc(C(=O)CCCCCCCO[C@@H]2OC(CO)[C@@H](O)[C@H](O)C2O)cc1. The van der Waals surface area contributed by atoms with Gasteiger partial charge in [-0.15, -0.1) is 0 Å². The van der Waals surface area contributed by atoms with E-state index in [2.05, 4.69) is 47.7 Å². The molecule has 16 heteroatoms. The number of carbonyl (C=O) groups is 2. The van der Waals surface area contributed by atoms with E-state index in [9.17, 15) is 24.9 Å². The van der Waals surface area contributed by atoms with Crippen LogP contribution in [0, 0.1) is 17.8 Å². The van der Waals surface area contributed by atoms with Crippen molar-refractivity contribution in [2.75, 3.05) is 19.8 Å². The molecule has 2 aromatic rings. The summed E-state index contributed by atoms with van der Waals surface area (Å²) < 4.78 is 23.0. The molecule has 2 aromatic carbocycles.